The van der Waals surface area contributed by atoms with Crippen molar-refractivity contribution in [3.05, 3.63) is 0 Å². The van der Waals surface area contributed by atoms with E-state index in [9.17, 15) is 29.4 Å². The van der Waals surface area contributed by atoms with Gasteiger partial charge in [-0.3, -0.25) is 14.4 Å². The van der Waals surface area contributed by atoms with Crippen molar-refractivity contribution in [3.8, 4) is 0 Å². The smallest absolute Gasteiger partial charge is 0.326 e. The summed E-state index contributed by atoms with van der Waals surface area (Å²) in [6.07, 6.45) is 3.77. The van der Waals surface area contributed by atoms with Gasteiger partial charge in [-0.1, -0.05) is 37.4 Å². The fourth-order valence-electron chi connectivity index (χ4n) is 3.64. The Balaban J connectivity index is 2.10. The molecule has 0 aromatic rings. The molecule has 3 N–H and O–H groups in total. The van der Waals surface area contributed by atoms with Gasteiger partial charge in [-0.2, -0.15) is 0 Å². The van der Waals surface area contributed by atoms with Crippen molar-refractivity contribution in [2.24, 2.45) is 5.92 Å². The van der Waals surface area contributed by atoms with Crippen LogP contribution in [0.15, 0.2) is 0 Å². The molecule has 2 saturated heterocycles. The van der Waals surface area contributed by atoms with E-state index in [4.69, 9.17) is 0 Å². The molecule has 2 aliphatic rings. The minimum Gasteiger partial charge on any atom is -0.480 e. The molecule has 2 aliphatic heterocycles. The number of nitrogens with one attached hydrogen (secondary N) is 1. The van der Waals surface area contributed by atoms with Crippen LogP contribution in [-0.4, -0.2) is 68.5 Å². The highest BCUT2D eigenvalue weighted by Gasteiger charge is 2.41. The summed E-state index contributed by atoms with van der Waals surface area (Å²) in [6.45, 7) is 1.42. The fourth-order valence-corrected chi connectivity index (χ4v) is 4.39. The van der Waals surface area contributed by atoms with Crippen LogP contribution >= 0.6 is 11.8 Å². The Bertz CT molecular complexity index is 584. The summed E-state index contributed by atoms with van der Waals surface area (Å²) in [4.78, 5) is 49.4. The number of carboxylic acid groups (broad SMARTS) is 1. The zero-order chi connectivity index (χ0) is 20.0. The van der Waals surface area contributed by atoms with E-state index >= 15 is 0 Å². The number of aliphatic carboxylic acids is 1. The number of aliphatic hydroxyl groups is 1. The molecule has 2 fully saturated rings. The number of β-amino-alcohol motifs (C(OH)–C–C–N with tert-alkyl or cyclic N) is 1. The number of hydrogen-bond donors (Lipinski definition) is 3. The second-order valence-corrected chi connectivity index (χ2v) is 8.48. The minimum absolute atomic E-state index is 0.000381. The number of aliphatic hydroxyl groups excluding tert-OH is 1. The van der Waals surface area contributed by atoms with Crippen LogP contribution in [0.4, 0.5) is 0 Å². The Labute approximate surface area is 163 Å². The van der Waals surface area contributed by atoms with E-state index in [-0.39, 0.29) is 29.9 Å². The monoisotopic (exact) mass is 400 g/mol. The standard InChI is InChI=1S/C18H28N2O6S/c1-11(21)27-10-12-6-4-2-3-5-7-14(19-16(12)23)17(24)20-9-13(22)8-15(20)18(25)26/h12-15,22H,2-10H2,1H3,(H,19,23)(H,25,26)/t12?,13?,14-,15?/m0/s1. The fraction of sp³-hybridized carbons (Fsp3) is 0.778. The van der Waals surface area contributed by atoms with E-state index in [1.165, 1.54) is 11.8 Å². The van der Waals surface area contributed by atoms with E-state index in [2.05, 4.69) is 5.32 Å². The largest absolute Gasteiger partial charge is 0.480 e. The van der Waals surface area contributed by atoms with Gasteiger partial charge in [-0.05, 0) is 12.8 Å². The molecule has 2 rings (SSSR count). The summed E-state index contributed by atoms with van der Waals surface area (Å²) in [7, 11) is 0. The first kappa shape index (κ1) is 21.7. The predicted molar refractivity (Wildman–Crippen MR) is 100 cm³/mol. The number of carbonyl (C=O) groups is 4. The molecule has 27 heavy (non-hydrogen) atoms. The Morgan fingerprint density at radius 3 is 2.48 bits per heavy atom. The maximum Gasteiger partial charge on any atom is 0.326 e. The molecule has 9 heteroatoms. The zero-order valence-corrected chi connectivity index (χ0v) is 16.4. The minimum atomic E-state index is -1.15. The molecule has 0 radical (unpaired) electrons. The van der Waals surface area contributed by atoms with Crippen LogP contribution in [0.25, 0.3) is 0 Å². The number of nitrogens with zero attached hydrogens (tertiary/aromatic N) is 1. The van der Waals surface area contributed by atoms with Crippen LogP contribution in [0.2, 0.25) is 0 Å². The molecule has 2 amide bonds. The van der Waals surface area contributed by atoms with Crippen molar-refractivity contribution < 1.29 is 29.4 Å². The normalized spacial score (nSPS) is 29.9. The Kier molecular flexibility index (Phi) is 8.09. The van der Waals surface area contributed by atoms with E-state index in [0.29, 0.717) is 18.6 Å². The average Bonchev–Trinajstić information content (AvgIpc) is 3.00. The number of hydrogen-bond acceptors (Lipinski definition) is 6. The van der Waals surface area contributed by atoms with E-state index in [0.717, 1.165) is 37.4 Å². The number of amides is 2. The molecular formula is C18H28N2O6S. The van der Waals surface area contributed by atoms with Crippen molar-refractivity contribution in [1.29, 1.82) is 0 Å². The number of carbonyl (C=O) groups excluding carboxylic acids is 3. The number of carboxylic acids is 1. The lowest BCUT2D eigenvalue weighted by molar-refractivity contribution is -0.149. The summed E-state index contributed by atoms with van der Waals surface area (Å²) in [5.41, 5.74) is 0. The van der Waals surface area contributed by atoms with Crippen molar-refractivity contribution in [2.45, 2.75) is 70.1 Å². The summed E-state index contributed by atoms with van der Waals surface area (Å²) >= 11 is 1.10. The summed E-state index contributed by atoms with van der Waals surface area (Å²) in [5, 5.41) is 21.8. The molecule has 0 bridgehead atoms. The van der Waals surface area contributed by atoms with Crippen LogP contribution in [-0.2, 0) is 19.2 Å². The number of rotatable bonds is 4. The van der Waals surface area contributed by atoms with Gasteiger partial charge in [0.05, 0.1) is 6.10 Å². The molecule has 4 atom stereocenters. The highest BCUT2D eigenvalue weighted by atomic mass is 32.2. The summed E-state index contributed by atoms with van der Waals surface area (Å²) < 4.78 is 0. The molecule has 8 nitrogen and oxygen atoms in total. The van der Waals surface area contributed by atoms with E-state index < -0.39 is 30.1 Å². The SMILES string of the molecule is CC(=O)SCC1CCCCCC[C@@H](C(=O)N2CC(O)CC2C(=O)O)NC1=O. The summed E-state index contributed by atoms with van der Waals surface area (Å²) in [5.74, 6) is -1.85. The molecule has 0 saturated carbocycles. The first-order valence-electron chi connectivity index (χ1n) is 9.44. The second kappa shape index (κ2) is 10.1. The quantitative estimate of drug-likeness (QED) is 0.637. The van der Waals surface area contributed by atoms with Crippen molar-refractivity contribution in [2.75, 3.05) is 12.3 Å². The molecule has 0 aromatic heterocycles. The third kappa shape index (κ3) is 6.21. The first-order valence-corrected chi connectivity index (χ1v) is 10.4. The molecular weight excluding hydrogens is 372 g/mol. The Morgan fingerprint density at radius 2 is 1.85 bits per heavy atom. The van der Waals surface area contributed by atoms with Gasteiger partial charge < -0.3 is 20.4 Å². The van der Waals surface area contributed by atoms with E-state index in [1.807, 2.05) is 0 Å². The lowest BCUT2D eigenvalue weighted by Gasteiger charge is -2.29. The summed E-state index contributed by atoms with van der Waals surface area (Å²) in [6, 6.07) is -1.86. The van der Waals surface area contributed by atoms with Gasteiger partial charge in [0.15, 0.2) is 5.12 Å². The van der Waals surface area contributed by atoms with Crippen LogP contribution in [0.5, 0.6) is 0 Å². The predicted octanol–water partition coefficient (Wildman–Crippen LogP) is 0.768. The maximum atomic E-state index is 12.9. The number of likely N-dealkylation sites (tertiary alicyclic amines) is 1. The van der Waals surface area contributed by atoms with Gasteiger partial charge >= 0.3 is 5.97 Å². The zero-order valence-electron chi connectivity index (χ0n) is 15.6. The third-order valence-corrected chi connectivity index (χ3v) is 6.09. The molecule has 0 aliphatic carbocycles. The molecule has 0 spiro atoms. The van der Waals surface area contributed by atoms with Crippen LogP contribution in [0.1, 0.15) is 51.9 Å². The average molecular weight is 400 g/mol. The lowest BCUT2D eigenvalue weighted by Crippen LogP contribution is -2.53. The molecule has 2 heterocycles. The van der Waals surface area contributed by atoms with E-state index in [1.54, 1.807) is 0 Å². The van der Waals surface area contributed by atoms with Crippen LogP contribution < -0.4 is 5.32 Å². The van der Waals surface area contributed by atoms with Gasteiger partial charge in [0, 0.05) is 31.6 Å². The third-order valence-electron chi connectivity index (χ3n) is 5.12. The van der Waals surface area contributed by atoms with Gasteiger partial charge in [-0.25, -0.2) is 4.79 Å². The lowest BCUT2D eigenvalue weighted by atomic mass is 9.97. The highest BCUT2D eigenvalue weighted by molar-refractivity contribution is 8.13. The highest BCUT2D eigenvalue weighted by Crippen LogP contribution is 2.23. The molecule has 152 valence electrons. The van der Waals surface area contributed by atoms with Crippen molar-refractivity contribution in [3.63, 3.8) is 0 Å². The van der Waals surface area contributed by atoms with Gasteiger partial charge in [0.25, 0.3) is 0 Å². The van der Waals surface area contributed by atoms with Crippen LogP contribution in [0.3, 0.4) is 0 Å². The van der Waals surface area contributed by atoms with Crippen molar-refractivity contribution >= 4 is 34.7 Å². The maximum absolute atomic E-state index is 12.9. The second-order valence-electron chi connectivity index (χ2n) is 7.29. The van der Waals surface area contributed by atoms with Crippen LogP contribution in [0, 0.1) is 5.92 Å². The first-order chi connectivity index (χ1) is 12.8. The Morgan fingerprint density at radius 1 is 1.19 bits per heavy atom. The topological polar surface area (TPSA) is 124 Å². The molecule has 3 unspecified atom stereocenters. The van der Waals surface area contributed by atoms with Gasteiger partial charge in [0.1, 0.15) is 12.1 Å². The Hall–Kier alpha value is -1.61. The van der Waals surface area contributed by atoms with Gasteiger partial charge in [-0.15, -0.1) is 0 Å². The molecule has 0 aromatic carbocycles. The van der Waals surface area contributed by atoms with Gasteiger partial charge in [0.2, 0.25) is 11.8 Å². The number of thioether (sulfide) groups is 1. The van der Waals surface area contributed by atoms with Crippen molar-refractivity contribution in [1.82, 2.24) is 10.2 Å².